The van der Waals surface area contributed by atoms with E-state index in [1.54, 1.807) is 6.07 Å². The summed E-state index contributed by atoms with van der Waals surface area (Å²) in [5.41, 5.74) is -0.401. The maximum Gasteiger partial charge on any atom is 0.416 e. The second-order valence-electron chi connectivity index (χ2n) is 4.24. The first-order chi connectivity index (χ1) is 9.02. The number of nitrogens with zero attached hydrogens (tertiary/aromatic N) is 1. The Bertz CT molecular complexity index is 566. The van der Waals surface area contributed by atoms with Crippen LogP contribution >= 0.6 is 0 Å². The molecule has 102 valence electrons. The maximum atomic E-state index is 12.6. The molecule has 0 unspecified atom stereocenters. The van der Waals surface area contributed by atoms with E-state index >= 15 is 0 Å². The van der Waals surface area contributed by atoms with Gasteiger partial charge in [-0.3, -0.25) is 4.98 Å². The van der Waals surface area contributed by atoms with Gasteiger partial charge in [0.05, 0.1) is 17.7 Å². The van der Waals surface area contributed by atoms with Gasteiger partial charge in [0, 0.05) is 11.6 Å². The highest BCUT2D eigenvalue weighted by Gasteiger charge is 2.30. The molecule has 19 heavy (non-hydrogen) atoms. The van der Waals surface area contributed by atoms with E-state index in [2.05, 4.69) is 4.98 Å². The van der Waals surface area contributed by atoms with Crippen LogP contribution < -0.4 is 4.74 Å². The normalized spacial score (nSPS) is 11.8. The molecule has 0 aliphatic heterocycles. The lowest BCUT2D eigenvalue weighted by Gasteiger charge is -2.10. The third-order valence-corrected chi connectivity index (χ3v) is 2.79. The lowest BCUT2D eigenvalue weighted by Crippen LogP contribution is -2.05. The van der Waals surface area contributed by atoms with Crippen LogP contribution in [0.15, 0.2) is 30.5 Å². The molecular formula is C14H14F3NO. The molecule has 1 aromatic heterocycles. The van der Waals surface area contributed by atoms with Crippen molar-refractivity contribution in [3.8, 4) is 5.75 Å². The standard InChI is InChI=1S/C14H14F3NO/c1-2-3-8-19-13-6-7-18-12-9-10(14(15,16)17)4-5-11(12)13/h4-7,9H,2-3,8H2,1H3. The molecule has 0 N–H and O–H groups in total. The summed E-state index contributed by atoms with van der Waals surface area (Å²) in [6.45, 7) is 2.60. The Morgan fingerprint density at radius 1 is 1.21 bits per heavy atom. The summed E-state index contributed by atoms with van der Waals surface area (Å²) < 4.78 is 43.4. The fourth-order valence-electron chi connectivity index (χ4n) is 1.75. The largest absolute Gasteiger partial charge is 0.493 e. The average molecular weight is 269 g/mol. The Morgan fingerprint density at radius 2 is 2.00 bits per heavy atom. The topological polar surface area (TPSA) is 22.1 Å². The minimum Gasteiger partial charge on any atom is -0.493 e. The summed E-state index contributed by atoms with van der Waals surface area (Å²) in [5.74, 6) is 0.576. The van der Waals surface area contributed by atoms with Crippen LogP contribution in [0.4, 0.5) is 13.2 Å². The zero-order valence-electron chi connectivity index (χ0n) is 10.5. The van der Waals surface area contributed by atoms with Crippen molar-refractivity contribution in [3.63, 3.8) is 0 Å². The van der Waals surface area contributed by atoms with Crippen molar-refractivity contribution in [3.05, 3.63) is 36.0 Å². The molecule has 0 atom stereocenters. The first-order valence-corrected chi connectivity index (χ1v) is 6.11. The molecule has 0 bridgehead atoms. The molecule has 2 nitrogen and oxygen atoms in total. The van der Waals surface area contributed by atoms with Crippen molar-refractivity contribution in [2.45, 2.75) is 25.9 Å². The van der Waals surface area contributed by atoms with Gasteiger partial charge in [-0.25, -0.2) is 0 Å². The zero-order chi connectivity index (χ0) is 13.9. The quantitative estimate of drug-likeness (QED) is 0.766. The molecule has 0 aliphatic rings. The Kier molecular flexibility index (Phi) is 3.93. The summed E-state index contributed by atoms with van der Waals surface area (Å²) in [4.78, 5) is 3.96. The molecule has 0 saturated carbocycles. The maximum absolute atomic E-state index is 12.6. The molecule has 0 saturated heterocycles. The predicted molar refractivity (Wildman–Crippen MR) is 67.1 cm³/mol. The second kappa shape index (κ2) is 5.47. The highest BCUT2D eigenvalue weighted by atomic mass is 19.4. The summed E-state index contributed by atoms with van der Waals surface area (Å²) >= 11 is 0. The second-order valence-corrected chi connectivity index (χ2v) is 4.24. The highest BCUT2D eigenvalue weighted by Crippen LogP contribution is 2.33. The van der Waals surface area contributed by atoms with Crippen LogP contribution in [0.2, 0.25) is 0 Å². The fraction of sp³-hybridized carbons (Fsp3) is 0.357. The Labute approximate surface area is 109 Å². The number of rotatable bonds is 4. The average Bonchev–Trinajstić information content (AvgIpc) is 2.37. The van der Waals surface area contributed by atoms with Crippen LogP contribution in [0, 0.1) is 0 Å². The van der Waals surface area contributed by atoms with E-state index in [1.807, 2.05) is 6.92 Å². The minimum atomic E-state index is -4.35. The van der Waals surface area contributed by atoms with E-state index in [9.17, 15) is 13.2 Å². The molecule has 2 aromatic rings. The van der Waals surface area contributed by atoms with Crippen molar-refractivity contribution >= 4 is 10.9 Å². The monoisotopic (exact) mass is 269 g/mol. The van der Waals surface area contributed by atoms with Crippen LogP contribution in [0.3, 0.4) is 0 Å². The molecule has 2 rings (SSSR count). The number of hydrogen-bond acceptors (Lipinski definition) is 2. The van der Waals surface area contributed by atoms with E-state index in [4.69, 9.17) is 4.74 Å². The number of hydrogen-bond donors (Lipinski definition) is 0. The van der Waals surface area contributed by atoms with Gasteiger partial charge in [0.1, 0.15) is 5.75 Å². The van der Waals surface area contributed by atoms with Crippen molar-refractivity contribution in [1.82, 2.24) is 4.98 Å². The number of unbranched alkanes of at least 4 members (excludes halogenated alkanes) is 1. The molecule has 0 radical (unpaired) electrons. The molecule has 0 aliphatic carbocycles. The Balaban J connectivity index is 2.35. The minimum absolute atomic E-state index is 0.295. The molecule has 0 amide bonds. The van der Waals surface area contributed by atoms with Gasteiger partial charge in [0.15, 0.2) is 0 Å². The highest BCUT2D eigenvalue weighted by molar-refractivity contribution is 5.85. The van der Waals surface area contributed by atoms with Crippen molar-refractivity contribution < 1.29 is 17.9 Å². The van der Waals surface area contributed by atoms with Crippen LogP contribution in [0.25, 0.3) is 10.9 Å². The number of alkyl halides is 3. The number of halogens is 3. The first-order valence-electron chi connectivity index (χ1n) is 6.11. The lowest BCUT2D eigenvalue weighted by atomic mass is 10.1. The van der Waals surface area contributed by atoms with Gasteiger partial charge in [-0.05, 0) is 30.7 Å². The van der Waals surface area contributed by atoms with Gasteiger partial charge in [-0.2, -0.15) is 13.2 Å². The Morgan fingerprint density at radius 3 is 2.68 bits per heavy atom. The van der Waals surface area contributed by atoms with E-state index in [0.717, 1.165) is 25.0 Å². The third kappa shape index (κ3) is 3.16. The van der Waals surface area contributed by atoms with E-state index in [-0.39, 0.29) is 0 Å². The van der Waals surface area contributed by atoms with Gasteiger partial charge in [-0.15, -0.1) is 0 Å². The van der Waals surface area contributed by atoms with Crippen molar-refractivity contribution in [2.75, 3.05) is 6.61 Å². The van der Waals surface area contributed by atoms with Crippen molar-refractivity contribution in [2.24, 2.45) is 0 Å². The van der Waals surface area contributed by atoms with Crippen LogP contribution in [-0.2, 0) is 6.18 Å². The predicted octanol–water partition coefficient (Wildman–Crippen LogP) is 4.43. The third-order valence-electron chi connectivity index (χ3n) is 2.79. The summed E-state index contributed by atoms with van der Waals surface area (Å²) in [5, 5.41) is 0.603. The van der Waals surface area contributed by atoms with Crippen molar-refractivity contribution in [1.29, 1.82) is 0 Å². The number of ether oxygens (including phenoxy) is 1. The smallest absolute Gasteiger partial charge is 0.416 e. The molecular weight excluding hydrogens is 255 g/mol. The number of pyridine rings is 1. The van der Waals surface area contributed by atoms with Gasteiger partial charge in [0.2, 0.25) is 0 Å². The zero-order valence-corrected chi connectivity index (χ0v) is 10.5. The van der Waals surface area contributed by atoms with Gasteiger partial charge in [0.25, 0.3) is 0 Å². The van der Waals surface area contributed by atoms with E-state index in [1.165, 1.54) is 12.3 Å². The Hall–Kier alpha value is -1.78. The summed E-state index contributed by atoms with van der Waals surface area (Å²) in [6, 6.07) is 5.18. The van der Waals surface area contributed by atoms with E-state index in [0.29, 0.717) is 23.3 Å². The molecule has 5 heteroatoms. The summed E-state index contributed by atoms with van der Waals surface area (Å²) in [6.07, 6.45) is -0.982. The van der Waals surface area contributed by atoms with Crippen LogP contribution in [-0.4, -0.2) is 11.6 Å². The molecule has 0 fully saturated rings. The SMILES string of the molecule is CCCCOc1ccnc2cc(C(F)(F)F)ccc12. The molecule has 1 heterocycles. The number of fused-ring (bicyclic) bond motifs is 1. The molecule has 1 aromatic carbocycles. The first kappa shape index (κ1) is 13.6. The molecule has 0 spiro atoms. The lowest BCUT2D eigenvalue weighted by molar-refractivity contribution is -0.137. The van der Waals surface area contributed by atoms with Crippen LogP contribution in [0.5, 0.6) is 5.75 Å². The van der Waals surface area contributed by atoms with Crippen LogP contribution in [0.1, 0.15) is 25.3 Å². The van der Waals surface area contributed by atoms with E-state index < -0.39 is 11.7 Å². The summed E-state index contributed by atoms with van der Waals surface area (Å²) in [7, 11) is 0. The van der Waals surface area contributed by atoms with Gasteiger partial charge >= 0.3 is 6.18 Å². The van der Waals surface area contributed by atoms with Gasteiger partial charge < -0.3 is 4.74 Å². The number of benzene rings is 1. The van der Waals surface area contributed by atoms with Gasteiger partial charge in [-0.1, -0.05) is 13.3 Å². The fourth-order valence-corrected chi connectivity index (χ4v) is 1.75. The number of aromatic nitrogens is 1.